The molecular formula is C20H40N2O2. The Balaban J connectivity index is 3.78. The molecule has 2 amide bonds. The lowest BCUT2D eigenvalue weighted by Gasteiger charge is -2.15. The predicted octanol–water partition coefficient (Wildman–Crippen LogP) is 4.43. The van der Waals surface area contributed by atoms with Crippen LogP contribution in [0.1, 0.15) is 91.9 Å². The molecule has 24 heavy (non-hydrogen) atoms. The van der Waals surface area contributed by atoms with Gasteiger partial charge in [0.05, 0.1) is 0 Å². The maximum absolute atomic E-state index is 12.1. The van der Waals surface area contributed by atoms with Crippen LogP contribution in [0.5, 0.6) is 0 Å². The molecule has 0 aromatic heterocycles. The maximum Gasteiger partial charge on any atom is 0.223 e. The number of rotatable bonds is 15. The predicted molar refractivity (Wildman–Crippen MR) is 102 cm³/mol. The minimum absolute atomic E-state index is 0.161. The number of unbranched alkanes of at least 4 members (excludes halogenated alkanes) is 3. The van der Waals surface area contributed by atoms with Crippen molar-refractivity contribution in [2.45, 2.75) is 91.9 Å². The number of carbonyl (C=O) groups excluding carboxylic acids is 2. The normalized spacial score (nSPS) is 13.3. The molecule has 0 aromatic rings. The summed E-state index contributed by atoms with van der Waals surface area (Å²) in [4.78, 5) is 24.1. The van der Waals surface area contributed by atoms with Crippen molar-refractivity contribution in [1.82, 2.24) is 10.6 Å². The minimum Gasteiger partial charge on any atom is -0.356 e. The van der Waals surface area contributed by atoms with Crippen LogP contribution in [0.4, 0.5) is 0 Å². The van der Waals surface area contributed by atoms with E-state index in [0.29, 0.717) is 13.1 Å². The Morgan fingerprint density at radius 3 is 1.33 bits per heavy atom. The topological polar surface area (TPSA) is 58.2 Å². The van der Waals surface area contributed by atoms with Gasteiger partial charge >= 0.3 is 0 Å². The summed E-state index contributed by atoms with van der Waals surface area (Å²) in [5.41, 5.74) is 0. The average molecular weight is 341 g/mol. The molecule has 0 saturated carbocycles. The largest absolute Gasteiger partial charge is 0.356 e. The Labute approximate surface area is 149 Å². The maximum atomic E-state index is 12.1. The van der Waals surface area contributed by atoms with E-state index in [-0.39, 0.29) is 23.7 Å². The van der Waals surface area contributed by atoms with Crippen LogP contribution in [-0.2, 0) is 9.59 Å². The molecule has 0 aliphatic rings. The second-order valence-corrected chi connectivity index (χ2v) is 6.78. The van der Waals surface area contributed by atoms with Crippen molar-refractivity contribution in [2.75, 3.05) is 13.1 Å². The van der Waals surface area contributed by atoms with Crippen LogP contribution < -0.4 is 10.6 Å². The number of nitrogens with one attached hydrogen (secondary N) is 2. The van der Waals surface area contributed by atoms with Crippen LogP contribution in [0.2, 0.25) is 0 Å². The summed E-state index contributed by atoms with van der Waals surface area (Å²) in [6.45, 7) is 9.90. The van der Waals surface area contributed by atoms with E-state index in [0.717, 1.165) is 64.2 Å². The standard InChI is InChI=1S/C20H40N2O2/c1-5-9-13-17(7-3)19(23)21-15-11-12-16-22-20(24)18(8-4)14-10-6-2/h17-18H,5-16H2,1-4H3,(H,21,23)(H,22,24)/t17-,18-/m0/s1. The quantitative estimate of drug-likeness (QED) is 0.433. The molecule has 0 aliphatic carbocycles. The second-order valence-electron chi connectivity index (χ2n) is 6.78. The van der Waals surface area contributed by atoms with Gasteiger partial charge in [-0.15, -0.1) is 0 Å². The summed E-state index contributed by atoms with van der Waals surface area (Å²) >= 11 is 0. The average Bonchev–Trinajstić information content (AvgIpc) is 2.59. The molecule has 0 spiro atoms. The third kappa shape index (κ3) is 10.7. The van der Waals surface area contributed by atoms with Crippen LogP contribution in [-0.4, -0.2) is 24.9 Å². The smallest absolute Gasteiger partial charge is 0.223 e. The molecule has 0 bridgehead atoms. The number of hydrogen-bond donors (Lipinski definition) is 2. The molecule has 4 heteroatoms. The van der Waals surface area contributed by atoms with E-state index in [1.165, 1.54) is 0 Å². The highest BCUT2D eigenvalue weighted by molar-refractivity contribution is 5.78. The summed E-state index contributed by atoms with van der Waals surface area (Å²) in [6.07, 6.45) is 10.2. The summed E-state index contributed by atoms with van der Waals surface area (Å²) in [7, 11) is 0. The Morgan fingerprint density at radius 2 is 1.04 bits per heavy atom. The van der Waals surface area contributed by atoms with Gasteiger partial charge in [0.15, 0.2) is 0 Å². The van der Waals surface area contributed by atoms with Crippen molar-refractivity contribution in [3.63, 3.8) is 0 Å². The van der Waals surface area contributed by atoms with Gasteiger partial charge in [-0.1, -0.05) is 53.4 Å². The highest BCUT2D eigenvalue weighted by atomic mass is 16.2. The highest BCUT2D eigenvalue weighted by Gasteiger charge is 2.16. The van der Waals surface area contributed by atoms with Crippen LogP contribution in [0, 0.1) is 11.8 Å². The number of hydrogen-bond acceptors (Lipinski definition) is 2. The van der Waals surface area contributed by atoms with E-state index >= 15 is 0 Å². The van der Waals surface area contributed by atoms with E-state index in [9.17, 15) is 9.59 Å². The Bertz CT molecular complexity index is 300. The van der Waals surface area contributed by atoms with Gasteiger partial charge in [0.2, 0.25) is 11.8 Å². The molecule has 0 radical (unpaired) electrons. The first kappa shape index (κ1) is 22.9. The van der Waals surface area contributed by atoms with Gasteiger partial charge in [0, 0.05) is 24.9 Å². The lowest BCUT2D eigenvalue weighted by atomic mass is 9.98. The molecule has 142 valence electrons. The zero-order valence-electron chi connectivity index (χ0n) is 16.5. The van der Waals surface area contributed by atoms with Crippen LogP contribution >= 0.6 is 0 Å². The van der Waals surface area contributed by atoms with Crippen LogP contribution in [0.15, 0.2) is 0 Å². The lowest BCUT2D eigenvalue weighted by Crippen LogP contribution is -2.33. The summed E-state index contributed by atoms with van der Waals surface area (Å²) in [6, 6.07) is 0. The third-order valence-electron chi connectivity index (χ3n) is 4.74. The van der Waals surface area contributed by atoms with Crippen molar-refractivity contribution >= 4 is 11.8 Å². The first-order valence-electron chi connectivity index (χ1n) is 10.2. The Morgan fingerprint density at radius 1 is 0.667 bits per heavy atom. The van der Waals surface area contributed by atoms with Crippen molar-refractivity contribution in [1.29, 1.82) is 0 Å². The zero-order valence-corrected chi connectivity index (χ0v) is 16.5. The zero-order chi connectivity index (χ0) is 18.2. The number of amides is 2. The van der Waals surface area contributed by atoms with Gasteiger partial charge in [-0.2, -0.15) is 0 Å². The van der Waals surface area contributed by atoms with Crippen LogP contribution in [0.25, 0.3) is 0 Å². The fraction of sp³-hybridized carbons (Fsp3) is 0.900. The molecule has 0 aliphatic heterocycles. The van der Waals surface area contributed by atoms with Gasteiger partial charge in [0.25, 0.3) is 0 Å². The molecular weight excluding hydrogens is 300 g/mol. The van der Waals surface area contributed by atoms with Gasteiger partial charge in [0.1, 0.15) is 0 Å². The molecule has 0 fully saturated rings. The summed E-state index contributed by atoms with van der Waals surface area (Å²) in [5.74, 6) is 0.711. The number of carbonyl (C=O) groups is 2. The summed E-state index contributed by atoms with van der Waals surface area (Å²) in [5, 5.41) is 6.08. The fourth-order valence-corrected chi connectivity index (χ4v) is 2.90. The van der Waals surface area contributed by atoms with Gasteiger partial charge in [-0.05, 0) is 38.5 Å². The first-order valence-corrected chi connectivity index (χ1v) is 10.2. The van der Waals surface area contributed by atoms with Crippen molar-refractivity contribution in [3.8, 4) is 0 Å². The molecule has 0 aromatic carbocycles. The molecule has 2 N–H and O–H groups in total. The summed E-state index contributed by atoms with van der Waals surface area (Å²) < 4.78 is 0. The van der Waals surface area contributed by atoms with Gasteiger partial charge < -0.3 is 10.6 Å². The van der Waals surface area contributed by atoms with Crippen molar-refractivity contribution < 1.29 is 9.59 Å². The molecule has 0 unspecified atom stereocenters. The molecule has 2 atom stereocenters. The van der Waals surface area contributed by atoms with E-state index in [1.807, 2.05) is 0 Å². The molecule has 0 rings (SSSR count). The van der Waals surface area contributed by atoms with Crippen LogP contribution in [0.3, 0.4) is 0 Å². The fourth-order valence-electron chi connectivity index (χ4n) is 2.90. The molecule has 0 saturated heterocycles. The van der Waals surface area contributed by atoms with Gasteiger partial charge in [-0.25, -0.2) is 0 Å². The van der Waals surface area contributed by atoms with Crippen molar-refractivity contribution in [3.05, 3.63) is 0 Å². The Hall–Kier alpha value is -1.06. The second kappa shape index (κ2) is 15.5. The van der Waals surface area contributed by atoms with E-state index in [2.05, 4.69) is 38.3 Å². The van der Waals surface area contributed by atoms with E-state index < -0.39 is 0 Å². The van der Waals surface area contributed by atoms with Gasteiger partial charge in [-0.3, -0.25) is 9.59 Å². The highest BCUT2D eigenvalue weighted by Crippen LogP contribution is 2.13. The SMILES string of the molecule is CCCC[C@H](CC)C(=O)NCCCCNC(=O)[C@@H](CC)CCCC. The molecule has 0 heterocycles. The first-order chi connectivity index (χ1) is 11.6. The lowest BCUT2D eigenvalue weighted by molar-refractivity contribution is -0.126. The minimum atomic E-state index is 0.161. The molecule has 4 nitrogen and oxygen atoms in total. The third-order valence-corrected chi connectivity index (χ3v) is 4.74. The Kier molecular flexibility index (Phi) is 14.8. The van der Waals surface area contributed by atoms with Crippen molar-refractivity contribution in [2.24, 2.45) is 11.8 Å². The van der Waals surface area contributed by atoms with E-state index in [4.69, 9.17) is 0 Å². The van der Waals surface area contributed by atoms with E-state index in [1.54, 1.807) is 0 Å². The monoisotopic (exact) mass is 340 g/mol.